The summed E-state index contributed by atoms with van der Waals surface area (Å²) < 4.78 is 59.7. The Morgan fingerprint density at radius 2 is 1.65 bits per heavy atom. The topological polar surface area (TPSA) is 92.8 Å². The molecule has 10 heteroatoms. The first-order chi connectivity index (χ1) is 16.2. The average Bonchev–Trinajstić information content (AvgIpc) is 2.82. The molecule has 0 bridgehead atoms. The molecule has 34 heavy (non-hydrogen) atoms. The zero-order valence-electron chi connectivity index (χ0n) is 17.8. The van der Waals surface area contributed by atoms with Gasteiger partial charge in [0.1, 0.15) is 23.9 Å². The number of ether oxygens (including phenoxy) is 1. The molecule has 0 saturated heterocycles. The SMILES string of the molecule is COC(=O)C1=C(c2ccccc2)c2ccccc2S(=O)(=O)N1CC(=O)Nc1ccc(F)cc1F. The van der Waals surface area contributed by atoms with Crippen molar-refractivity contribution in [2.45, 2.75) is 4.90 Å². The van der Waals surface area contributed by atoms with E-state index in [1.54, 1.807) is 42.5 Å². The molecule has 3 aromatic carbocycles. The minimum atomic E-state index is -4.37. The molecule has 0 aromatic heterocycles. The highest BCUT2D eigenvalue weighted by molar-refractivity contribution is 7.89. The van der Waals surface area contributed by atoms with E-state index in [2.05, 4.69) is 5.32 Å². The lowest BCUT2D eigenvalue weighted by Crippen LogP contribution is -2.43. The molecular formula is C24H18F2N2O5S. The van der Waals surface area contributed by atoms with Crippen LogP contribution in [0.3, 0.4) is 0 Å². The number of anilines is 1. The molecule has 174 valence electrons. The average molecular weight is 484 g/mol. The summed E-state index contributed by atoms with van der Waals surface area (Å²) in [6.07, 6.45) is 0. The van der Waals surface area contributed by atoms with E-state index in [9.17, 15) is 26.8 Å². The van der Waals surface area contributed by atoms with Crippen molar-refractivity contribution in [3.8, 4) is 0 Å². The molecule has 0 saturated carbocycles. The van der Waals surface area contributed by atoms with E-state index in [0.717, 1.165) is 19.2 Å². The van der Waals surface area contributed by atoms with Crippen molar-refractivity contribution in [1.82, 2.24) is 4.31 Å². The Hall–Kier alpha value is -4.05. The van der Waals surface area contributed by atoms with Crippen LogP contribution in [0.5, 0.6) is 0 Å². The molecular weight excluding hydrogens is 466 g/mol. The Morgan fingerprint density at radius 3 is 2.32 bits per heavy atom. The maximum absolute atomic E-state index is 14.0. The van der Waals surface area contributed by atoms with Crippen LogP contribution in [0.25, 0.3) is 5.57 Å². The largest absolute Gasteiger partial charge is 0.464 e. The summed E-state index contributed by atoms with van der Waals surface area (Å²) in [5, 5.41) is 2.22. The fourth-order valence-corrected chi connectivity index (χ4v) is 5.29. The number of hydrogen-bond acceptors (Lipinski definition) is 5. The lowest BCUT2D eigenvalue weighted by molar-refractivity contribution is -0.137. The van der Waals surface area contributed by atoms with Crippen LogP contribution in [-0.4, -0.2) is 38.3 Å². The molecule has 3 aromatic rings. The van der Waals surface area contributed by atoms with Crippen LogP contribution in [0.4, 0.5) is 14.5 Å². The zero-order valence-corrected chi connectivity index (χ0v) is 18.6. The first kappa shape index (κ1) is 23.1. The second-order valence-electron chi connectivity index (χ2n) is 7.26. The number of methoxy groups -OCH3 is 1. The number of carbonyl (C=O) groups excluding carboxylic acids is 2. The number of nitrogens with one attached hydrogen (secondary N) is 1. The van der Waals surface area contributed by atoms with Crippen molar-refractivity contribution in [2.24, 2.45) is 0 Å². The number of esters is 1. The van der Waals surface area contributed by atoms with E-state index in [-0.39, 0.29) is 27.4 Å². The number of fused-ring (bicyclic) bond motifs is 1. The molecule has 1 heterocycles. The first-order valence-electron chi connectivity index (χ1n) is 9.99. The summed E-state index contributed by atoms with van der Waals surface area (Å²) in [4.78, 5) is 25.5. The van der Waals surface area contributed by atoms with Crippen molar-refractivity contribution in [1.29, 1.82) is 0 Å². The number of rotatable bonds is 5. The van der Waals surface area contributed by atoms with Gasteiger partial charge < -0.3 is 10.1 Å². The summed E-state index contributed by atoms with van der Waals surface area (Å²) in [7, 11) is -3.28. The van der Waals surface area contributed by atoms with Crippen LogP contribution in [0.2, 0.25) is 0 Å². The van der Waals surface area contributed by atoms with Gasteiger partial charge in [-0.2, -0.15) is 0 Å². The Labute approximate surface area is 194 Å². The van der Waals surface area contributed by atoms with Crippen molar-refractivity contribution in [3.05, 3.63) is 101 Å². The van der Waals surface area contributed by atoms with Crippen LogP contribution >= 0.6 is 0 Å². The summed E-state index contributed by atoms with van der Waals surface area (Å²) in [5.41, 5.74) is 0.365. The summed E-state index contributed by atoms with van der Waals surface area (Å²) >= 11 is 0. The van der Waals surface area contributed by atoms with Crippen LogP contribution in [0, 0.1) is 11.6 Å². The number of benzene rings is 3. The Kier molecular flexibility index (Phi) is 6.16. The molecule has 1 amide bonds. The van der Waals surface area contributed by atoms with Gasteiger partial charge in [-0.25, -0.2) is 26.3 Å². The van der Waals surface area contributed by atoms with E-state index in [1.807, 2.05) is 0 Å². The quantitative estimate of drug-likeness (QED) is 0.560. The zero-order chi connectivity index (χ0) is 24.5. The van der Waals surface area contributed by atoms with Gasteiger partial charge >= 0.3 is 5.97 Å². The summed E-state index contributed by atoms with van der Waals surface area (Å²) in [6, 6.07) is 17.2. The van der Waals surface area contributed by atoms with Crippen LogP contribution < -0.4 is 5.32 Å². The highest BCUT2D eigenvalue weighted by Gasteiger charge is 2.41. The molecule has 4 rings (SSSR count). The number of hydrogen-bond donors (Lipinski definition) is 1. The van der Waals surface area contributed by atoms with E-state index in [4.69, 9.17) is 4.74 Å². The number of amides is 1. The number of sulfonamides is 1. The lowest BCUT2D eigenvalue weighted by Gasteiger charge is -2.32. The van der Waals surface area contributed by atoms with E-state index in [0.29, 0.717) is 15.9 Å². The van der Waals surface area contributed by atoms with Gasteiger partial charge in [0.2, 0.25) is 5.91 Å². The van der Waals surface area contributed by atoms with E-state index >= 15 is 0 Å². The van der Waals surface area contributed by atoms with Crippen LogP contribution in [0.1, 0.15) is 11.1 Å². The molecule has 0 aliphatic carbocycles. The predicted octanol–water partition coefficient (Wildman–Crippen LogP) is 3.54. The third-order valence-corrected chi connectivity index (χ3v) is 6.95. The molecule has 0 spiro atoms. The molecule has 0 radical (unpaired) electrons. The third kappa shape index (κ3) is 4.15. The van der Waals surface area contributed by atoms with Gasteiger partial charge in [0.15, 0.2) is 0 Å². The Morgan fingerprint density at radius 1 is 0.971 bits per heavy atom. The highest BCUT2D eigenvalue weighted by Crippen LogP contribution is 2.40. The lowest BCUT2D eigenvalue weighted by atomic mass is 9.95. The van der Waals surface area contributed by atoms with Gasteiger partial charge in [-0.15, -0.1) is 0 Å². The highest BCUT2D eigenvalue weighted by atomic mass is 32.2. The minimum Gasteiger partial charge on any atom is -0.464 e. The second-order valence-corrected chi connectivity index (χ2v) is 9.09. The van der Waals surface area contributed by atoms with Crippen molar-refractivity contribution < 1.29 is 31.5 Å². The maximum Gasteiger partial charge on any atom is 0.356 e. The standard InChI is InChI=1S/C24H18F2N2O5S/c1-33-24(30)23-22(15-7-3-2-4-8-15)17-9-5-6-10-20(17)34(31,32)28(23)14-21(29)27-19-12-11-16(25)13-18(19)26/h2-13H,14H2,1H3,(H,27,29). The van der Waals surface area contributed by atoms with Gasteiger partial charge in [-0.3, -0.25) is 4.79 Å². The fraction of sp³-hybridized carbons (Fsp3) is 0.0833. The van der Waals surface area contributed by atoms with Gasteiger partial charge in [0.25, 0.3) is 10.0 Å². The van der Waals surface area contributed by atoms with Crippen LogP contribution in [0.15, 0.2) is 83.4 Å². The van der Waals surface area contributed by atoms with Crippen LogP contribution in [-0.2, 0) is 24.3 Å². The normalized spacial score (nSPS) is 14.4. The van der Waals surface area contributed by atoms with Gasteiger partial charge in [0, 0.05) is 17.2 Å². The Balaban J connectivity index is 1.86. The van der Waals surface area contributed by atoms with E-state index < -0.39 is 40.1 Å². The molecule has 0 atom stereocenters. The first-order valence-corrected chi connectivity index (χ1v) is 11.4. The van der Waals surface area contributed by atoms with Gasteiger partial charge in [-0.1, -0.05) is 48.5 Å². The van der Waals surface area contributed by atoms with Crippen molar-refractivity contribution >= 4 is 33.2 Å². The van der Waals surface area contributed by atoms with Crippen molar-refractivity contribution in [3.63, 3.8) is 0 Å². The van der Waals surface area contributed by atoms with Gasteiger partial charge in [0.05, 0.1) is 17.7 Å². The molecule has 7 nitrogen and oxygen atoms in total. The molecule has 0 unspecified atom stereocenters. The molecule has 1 aliphatic rings. The molecule has 1 aliphatic heterocycles. The monoisotopic (exact) mass is 484 g/mol. The smallest absolute Gasteiger partial charge is 0.356 e. The van der Waals surface area contributed by atoms with Gasteiger partial charge in [-0.05, 0) is 23.8 Å². The number of halogens is 2. The fourth-order valence-electron chi connectivity index (χ4n) is 3.66. The maximum atomic E-state index is 14.0. The second kappa shape index (κ2) is 9.06. The summed E-state index contributed by atoms with van der Waals surface area (Å²) in [6.45, 7) is -0.853. The number of carbonyl (C=O) groups is 2. The Bertz CT molecular complexity index is 1420. The number of nitrogens with zero attached hydrogens (tertiary/aromatic N) is 1. The minimum absolute atomic E-state index is 0.109. The summed E-state index contributed by atoms with van der Waals surface area (Å²) in [5.74, 6) is -3.79. The predicted molar refractivity (Wildman–Crippen MR) is 120 cm³/mol. The molecule has 0 fully saturated rings. The third-order valence-electron chi connectivity index (χ3n) is 5.14. The van der Waals surface area contributed by atoms with Crippen molar-refractivity contribution in [2.75, 3.05) is 19.0 Å². The molecule has 1 N–H and O–H groups in total. The van der Waals surface area contributed by atoms with E-state index in [1.165, 1.54) is 12.1 Å².